The largest absolute Gasteiger partial charge is 0.479 e. The lowest BCUT2D eigenvalue weighted by molar-refractivity contribution is -0.199. The third-order valence-electron chi connectivity index (χ3n) is 2.88. The molecule has 134 valence electrons. The maximum Gasteiger partial charge on any atom is 0.348 e. The van der Waals surface area contributed by atoms with Crippen LogP contribution in [0.15, 0.2) is 24.3 Å². The molecule has 1 rings (SSSR count). The summed E-state index contributed by atoms with van der Waals surface area (Å²) in [4.78, 5) is 23.2. The summed E-state index contributed by atoms with van der Waals surface area (Å²) in [7, 11) is -3.44. The molecule has 0 radical (unpaired) electrons. The number of ether oxygens (including phenoxy) is 1. The van der Waals surface area contributed by atoms with Gasteiger partial charge in [0.25, 0.3) is 5.60 Å². The summed E-state index contributed by atoms with van der Waals surface area (Å²) >= 11 is 0. The molecule has 8 nitrogen and oxygen atoms in total. The number of rotatable bonds is 7. The van der Waals surface area contributed by atoms with Crippen LogP contribution in [0.1, 0.15) is 26.3 Å². The normalized spacial score (nSPS) is 12.7. The van der Waals surface area contributed by atoms with E-state index in [9.17, 15) is 28.2 Å². The molecule has 0 atom stereocenters. The fourth-order valence-electron chi connectivity index (χ4n) is 2.08. The predicted octanol–water partition coefficient (Wildman–Crippen LogP) is 1.32. The SMILES string of the molecule is CC(C)(C)OC(Cc1ccc(NS(C)(=O)=O)cc1)(C(=O)O)C(=O)O. The number of hydrogen-bond acceptors (Lipinski definition) is 5. The van der Waals surface area contributed by atoms with Crippen LogP contribution in [-0.2, 0) is 30.8 Å². The van der Waals surface area contributed by atoms with Gasteiger partial charge in [-0.3, -0.25) is 4.72 Å². The number of aliphatic carboxylic acids is 2. The van der Waals surface area contributed by atoms with E-state index >= 15 is 0 Å². The predicted molar refractivity (Wildman–Crippen MR) is 87.5 cm³/mol. The summed E-state index contributed by atoms with van der Waals surface area (Å²) in [5.74, 6) is -3.22. The van der Waals surface area contributed by atoms with Crippen molar-refractivity contribution in [3.05, 3.63) is 29.8 Å². The fourth-order valence-corrected chi connectivity index (χ4v) is 2.65. The molecule has 1 aromatic carbocycles. The molecule has 0 aliphatic carbocycles. The average Bonchev–Trinajstić information content (AvgIpc) is 2.36. The van der Waals surface area contributed by atoms with E-state index in [1.807, 2.05) is 0 Å². The molecule has 0 saturated heterocycles. The van der Waals surface area contributed by atoms with Gasteiger partial charge in [0.1, 0.15) is 0 Å². The molecule has 9 heteroatoms. The number of benzene rings is 1. The zero-order valence-corrected chi connectivity index (χ0v) is 14.7. The quantitative estimate of drug-likeness (QED) is 0.626. The summed E-state index contributed by atoms with van der Waals surface area (Å²) in [6.07, 6.45) is 0.589. The fraction of sp³-hybridized carbons (Fsp3) is 0.467. The number of anilines is 1. The zero-order valence-electron chi connectivity index (χ0n) is 13.9. The molecule has 0 spiro atoms. The van der Waals surface area contributed by atoms with Gasteiger partial charge in [0.2, 0.25) is 10.0 Å². The topological polar surface area (TPSA) is 130 Å². The third kappa shape index (κ3) is 5.50. The van der Waals surface area contributed by atoms with Gasteiger partial charge in [-0.25, -0.2) is 18.0 Å². The first-order valence-corrected chi connectivity index (χ1v) is 8.88. The van der Waals surface area contributed by atoms with Crippen molar-refractivity contribution < 1.29 is 33.0 Å². The summed E-state index contributed by atoms with van der Waals surface area (Å²) < 4.78 is 29.9. The van der Waals surface area contributed by atoms with Gasteiger partial charge in [-0.15, -0.1) is 0 Å². The highest BCUT2D eigenvalue weighted by atomic mass is 32.2. The number of nitrogens with one attached hydrogen (secondary N) is 1. The molecule has 24 heavy (non-hydrogen) atoms. The van der Waals surface area contributed by atoms with Crippen LogP contribution in [0.5, 0.6) is 0 Å². The van der Waals surface area contributed by atoms with Gasteiger partial charge >= 0.3 is 11.9 Å². The first-order valence-electron chi connectivity index (χ1n) is 6.99. The second-order valence-corrected chi connectivity index (χ2v) is 8.15. The molecule has 0 unspecified atom stereocenters. The number of hydrogen-bond donors (Lipinski definition) is 3. The number of sulfonamides is 1. The Labute approximate surface area is 140 Å². The second kappa shape index (κ2) is 6.78. The summed E-state index contributed by atoms with van der Waals surface area (Å²) in [5, 5.41) is 18.9. The summed E-state index contributed by atoms with van der Waals surface area (Å²) in [6, 6.07) is 5.73. The van der Waals surface area contributed by atoms with E-state index in [0.29, 0.717) is 5.56 Å². The van der Waals surface area contributed by atoms with Crippen molar-refractivity contribution in [2.24, 2.45) is 0 Å². The van der Waals surface area contributed by atoms with Gasteiger partial charge in [0.15, 0.2) is 0 Å². The van der Waals surface area contributed by atoms with Crippen LogP contribution in [0.25, 0.3) is 0 Å². The van der Waals surface area contributed by atoms with E-state index in [4.69, 9.17) is 4.74 Å². The average molecular weight is 359 g/mol. The van der Waals surface area contributed by atoms with Gasteiger partial charge in [0, 0.05) is 12.1 Å². The minimum absolute atomic E-state index is 0.286. The maximum absolute atomic E-state index is 11.6. The van der Waals surface area contributed by atoms with E-state index in [2.05, 4.69) is 4.72 Å². The first kappa shape index (κ1) is 19.9. The van der Waals surface area contributed by atoms with Crippen LogP contribution in [-0.4, -0.2) is 48.0 Å². The Kier molecular flexibility index (Phi) is 5.62. The molecule has 0 amide bonds. The van der Waals surface area contributed by atoms with Gasteiger partial charge in [0.05, 0.1) is 11.9 Å². The maximum atomic E-state index is 11.6. The van der Waals surface area contributed by atoms with Crippen molar-refractivity contribution in [3.8, 4) is 0 Å². The van der Waals surface area contributed by atoms with E-state index in [1.54, 1.807) is 20.8 Å². The minimum Gasteiger partial charge on any atom is -0.479 e. The highest BCUT2D eigenvalue weighted by molar-refractivity contribution is 7.92. The molecule has 0 aliphatic heterocycles. The molecule has 0 fully saturated rings. The smallest absolute Gasteiger partial charge is 0.348 e. The minimum atomic E-state index is -3.44. The van der Waals surface area contributed by atoms with Crippen molar-refractivity contribution in [2.45, 2.75) is 38.4 Å². The molecule has 0 heterocycles. The van der Waals surface area contributed by atoms with E-state index in [-0.39, 0.29) is 5.69 Å². The first-order chi connectivity index (χ1) is 10.8. The lowest BCUT2D eigenvalue weighted by Gasteiger charge is -2.33. The highest BCUT2D eigenvalue weighted by Gasteiger charge is 2.50. The van der Waals surface area contributed by atoms with Crippen LogP contribution >= 0.6 is 0 Å². The molecular weight excluding hydrogens is 338 g/mol. The molecule has 0 saturated carbocycles. The van der Waals surface area contributed by atoms with E-state index in [0.717, 1.165) is 6.26 Å². The Bertz CT molecular complexity index is 703. The van der Waals surface area contributed by atoms with Crippen LogP contribution in [0.4, 0.5) is 5.69 Å². The lowest BCUT2D eigenvalue weighted by Crippen LogP contribution is -2.54. The Morgan fingerprint density at radius 2 is 1.54 bits per heavy atom. The van der Waals surface area contributed by atoms with Crippen molar-refractivity contribution in [3.63, 3.8) is 0 Å². The van der Waals surface area contributed by atoms with E-state index < -0.39 is 39.6 Å². The van der Waals surface area contributed by atoms with Crippen LogP contribution in [0.3, 0.4) is 0 Å². The summed E-state index contributed by atoms with van der Waals surface area (Å²) in [5.41, 5.74) is -2.77. The van der Waals surface area contributed by atoms with Crippen LogP contribution < -0.4 is 4.72 Å². The second-order valence-electron chi connectivity index (χ2n) is 6.40. The molecule has 3 N–H and O–H groups in total. The number of carboxylic acids is 2. The Hall–Kier alpha value is -2.13. The van der Waals surface area contributed by atoms with Crippen molar-refractivity contribution in [1.82, 2.24) is 0 Å². The number of carboxylic acid groups (broad SMARTS) is 2. The molecule has 0 aliphatic rings. The van der Waals surface area contributed by atoms with Crippen molar-refractivity contribution in [2.75, 3.05) is 11.0 Å². The van der Waals surface area contributed by atoms with Crippen molar-refractivity contribution >= 4 is 27.6 Å². The van der Waals surface area contributed by atoms with Crippen molar-refractivity contribution in [1.29, 1.82) is 0 Å². The highest BCUT2D eigenvalue weighted by Crippen LogP contribution is 2.26. The van der Waals surface area contributed by atoms with Gasteiger partial charge in [-0.2, -0.15) is 0 Å². The van der Waals surface area contributed by atoms with Gasteiger partial charge < -0.3 is 14.9 Å². The Morgan fingerprint density at radius 3 is 1.88 bits per heavy atom. The summed E-state index contributed by atoms with van der Waals surface area (Å²) in [6.45, 7) is 4.69. The Balaban J connectivity index is 3.15. The van der Waals surface area contributed by atoms with Crippen LogP contribution in [0.2, 0.25) is 0 Å². The number of carbonyl (C=O) groups is 2. The monoisotopic (exact) mass is 359 g/mol. The molecular formula is C15H21NO7S. The molecule has 0 bridgehead atoms. The Morgan fingerprint density at radius 1 is 1.08 bits per heavy atom. The van der Waals surface area contributed by atoms with Crippen LogP contribution in [0, 0.1) is 0 Å². The molecule has 0 aromatic heterocycles. The molecule has 1 aromatic rings. The standard InChI is InChI=1S/C15H21NO7S/c1-14(2,3)23-15(12(17)18,13(19)20)9-10-5-7-11(8-6-10)16-24(4,21)22/h5-8,16H,9H2,1-4H3,(H,17,18)(H,19,20). The van der Waals surface area contributed by atoms with Gasteiger partial charge in [-0.1, -0.05) is 12.1 Å². The van der Waals surface area contributed by atoms with Gasteiger partial charge in [-0.05, 0) is 38.5 Å². The van der Waals surface area contributed by atoms with E-state index in [1.165, 1.54) is 24.3 Å². The third-order valence-corrected chi connectivity index (χ3v) is 3.49. The lowest BCUT2D eigenvalue weighted by atomic mass is 9.93. The zero-order chi connectivity index (χ0) is 18.8.